The van der Waals surface area contributed by atoms with Gasteiger partial charge in [-0.25, -0.2) is 13.8 Å². The largest absolute Gasteiger partial charge is 0.421 e. The standard InChI is InChI=1S/C12H8F2N6O/c13-7-1-2-8(14)9(5-7)21-12-18-10(15)17-11(19-12)20-4-3-16-6-20/h1-6H,(H2,15,17,18,19). The van der Waals surface area contributed by atoms with E-state index in [9.17, 15) is 8.78 Å². The molecule has 0 bridgehead atoms. The van der Waals surface area contributed by atoms with E-state index < -0.39 is 11.6 Å². The van der Waals surface area contributed by atoms with Crippen LogP contribution in [0.3, 0.4) is 0 Å². The maximum absolute atomic E-state index is 13.5. The molecule has 3 rings (SSSR count). The molecule has 2 heterocycles. The van der Waals surface area contributed by atoms with E-state index in [0.717, 1.165) is 18.2 Å². The summed E-state index contributed by atoms with van der Waals surface area (Å²) in [5.41, 5.74) is 5.54. The van der Waals surface area contributed by atoms with Gasteiger partial charge in [0.15, 0.2) is 11.6 Å². The Kier molecular flexibility index (Phi) is 3.14. The van der Waals surface area contributed by atoms with Crippen molar-refractivity contribution < 1.29 is 13.5 Å². The van der Waals surface area contributed by atoms with Crippen LogP contribution in [0.5, 0.6) is 11.8 Å². The van der Waals surface area contributed by atoms with Crippen LogP contribution in [0.4, 0.5) is 14.7 Å². The Morgan fingerprint density at radius 3 is 2.76 bits per heavy atom. The third-order valence-corrected chi connectivity index (χ3v) is 2.45. The third-order valence-electron chi connectivity index (χ3n) is 2.45. The van der Waals surface area contributed by atoms with Gasteiger partial charge in [0, 0.05) is 18.5 Å². The fraction of sp³-hybridized carbons (Fsp3) is 0. The molecule has 2 N–H and O–H groups in total. The topological polar surface area (TPSA) is 91.7 Å². The van der Waals surface area contributed by atoms with Gasteiger partial charge in [-0.1, -0.05) is 0 Å². The highest BCUT2D eigenvalue weighted by Crippen LogP contribution is 2.23. The van der Waals surface area contributed by atoms with Crippen LogP contribution in [0, 0.1) is 11.6 Å². The van der Waals surface area contributed by atoms with E-state index in [-0.39, 0.29) is 23.7 Å². The van der Waals surface area contributed by atoms with Crippen LogP contribution in [0.2, 0.25) is 0 Å². The highest BCUT2D eigenvalue weighted by atomic mass is 19.1. The van der Waals surface area contributed by atoms with Gasteiger partial charge in [-0.3, -0.25) is 4.57 Å². The van der Waals surface area contributed by atoms with Crippen molar-refractivity contribution in [1.82, 2.24) is 24.5 Å². The zero-order chi connectivity index (χ0) is 14.8. The van der Waals surface area contributed by atoms with Gasteiger partial charge >= 0.3 is 6.01 Å². The van der Waals surface area contributed by atoms with E-state index >= 15 is 0 Å². The van der Waals surface area contributed by atoms with Crippen molar-refractivity contribution >= 4 is 5.95 Å². The minimum atomic E-state index is -0.750. The lowest BCUT2D eigenvalue weighted by Crippen LogP contribution is -2.06. The van der Waals surface area contributed by atoms with Gasteiger partial charge in [0.1, 0.15) is 12.1 Å². The number of nitrogen functional groups attached to an aromatic ring is 1. The Hall–Kier alpha value is -3.10. The SMILES string of the molecule is Nc1nc(Oc2cc(F)ccc2F)nc(-n2ccnc2)n1. The Morgan fingerprint density at radius 2 is 2.00 bits per heavy atom. The fourth-order valence-electron chi connectivity index (χ4n) is 1.55. The molecule has 1 aromatic carbocycles. The quantitative estimate of drug-likeness (QED) is 0.789. The van der Waals surface area contributed by atoms with Crippen molar-refractivity contribution in [2.75, 3.05) is 5.73 Å². The first kappa shape index (κ1) is 12.9. The summed E-state index contributed by atoms with van der Waals surface area (Å²) in [7, 11) is 0. The second-order valence-corrected chi connectivity index (χ2v) is 3.92. The van der Waals surface area contributed by atoms with Gasteiger partial charge in [0.25, 0.3) is 0 Å². The first-order chi connectivity index (χ1) is 10.1. The Morgan fingerprint density at radius 1 is 1.14 bits per heavy atom. The number of halogens is 2. The maximum Gasteiger partial charge on any atom is 0.328 e. The number of anilines is 1. The van der Waals surface area contributed by atoms with Crippen molar-refractivity contribution in [2.24, 2.45) is 0 Å². The molecule has 0 unspecified atom stereocenters. The van der Waals surface area contributed by atoms with Crippen molar-refractivity contribution in [3.63, 3.8) is 0 Å². The molecule has 0 aliphatic carbocycles. The summed E-state index contributed by atoms with van der Waals surface area (Å²) in [5.74, 6) is -1.73. The average molecular weight is 290 g/mol. The fourth-order valence-corrected chi connectivity index (χ4v) is 1.55. The number of rotatable bonds is 3. The van der Waals surface area contributed by atoms with Crippen molar-refractivity contribution in [1.29, 1.82) is 0 Å². The van der Waals surface area contributed by atoms with Crippen LogP contribution in [-0.4, -0.2) is 24.5 Å². The lowest BCUT2D eigenvalue weighted by molar-refractivity contribution is 0.405. The summed E-state index contributed by atoms with van der Waals surface area (Å²) in [6, 6.07) is 2.54. The van der Waals surface area contributed by atoms with E-state index in [1.807, 2.05) is 0 Å². The molecule has 3 aromatic rings. The molecule has 0 fully saturated rings. The molecule has 0 saturated carbocycles. The molecule has 106 valence electrons. The van der Waals surface area contributed by atoms with E-state index in [4.69, 9.17) is 10.5 Å². The number of hydrogen-bond acceptors (Lipinski definition) is 6. The zero-order valence-electron chi connectivity index (χ0n) is 10.4. The first-order valence-electron chi connectivity index (χ1n) is 5.74. The van der Waals surface area contributed by atoms with Crippen LogP contribution in [0.25, 0.3) is 5.95 Å². The molecular weight excluding hydrogens is 282 g/mol. The summed E-state index contributed by atoms with van der Waals surface area (Å²) in [5, 5.41) is 0. The summed E-state index contributed by atoms with van der Waals surface area (Å²) in [6.07, 6.45) is 4.55. The highest BCUT2D eigenvalue weighted by molar-refractivity contribution is 5.30. The van der Waals surface area contributed by atoms with E-state index in [2.05, 4.69) is 19.9 Å². The van der Waals surface area contributed by atoms with Crippen molar-refractivity contribution in [3.05, 3.63) is 48.6 Å². The predicted molar refractivity (Wildman–Crippen MR) is 67.8 cm³/mol. The van der Waals surface area contributed by atoms with Gasteiger partial charge in [-0.15, -0.1) is 0 Å². The molecule has 7 nitrogen and oxygen atoms in total. The summed E-state index contributed by atoms with van der Waals surface area (Å²) in [4.78, 5) is 15.4. The number of benzene rings is 1. The first-order valence-corrected chi connectivity index (χ1v) is 5.74. The van der Waals surface area contributed by atoms with Crippen LogP contribution >= 0.6 is 0 Å². The average Bonchev–Trinajstić information content (AvgIpc) is 2.96. The van der Waals surface area contributed by atoms with Gasteiger partial charge in [0.05, 0.1) is 0 Å². The van der Waals surface area contributed by atoms with E-state index in [0.29, 0.717) is 0 Å². The number of imidazole rings is 1. The van der Waals surface area contributed by atoms with Crippen LogP contribution in [0.1, 0.15) is 0 Å². The number of hydrogen-bond donors (Lipinski definition) is 1. The van der Waals surface area contributed by atoms with E-state index in [1.165, 1.54) is 17.1 Å². The number of nitrogens with two attached hydrogens (primary N) is 1. The molecule has 0 atom stereocenters. The molecule has 2 aromatic heterocycles. The van der Waals surface area contributed by atoms with Gasteiger partial charge < -0.3 is 10.5 Å². The number of aromatic nitrogens is 5. The third kappa shape index (κ3) is 2.76. The van der Waals surface area contributed by atoms with Gasteiger partial charge in [0.2, 0.25) is 11.9 Å². The molecule has 0 spiro atoms. The molecule has 0 amide bonds. The second kappa shape index (κ2) is 5.12. The highest BCUT2D eigenvalue weighted by Gasteiger charge is 2.11. The summed E-state index contributed by atoms with van der Waals surface area (Å²) >= 11 is 0. The van der Waals surface area contributed by atoms with Gasteiger partial charge in [-0.05, 0) is 12.1 Å². The Balaban J connectivity index is 1.97. The second-order valence-electron chi connectivity index (χ2n) is 3.92. The Labute approximate surface area is 117 Å². The molecule has 0 aliphatic rings. The maximum atomic E-state index is 13.5. The molecule has 9 heteroatoms. The lowest BCUT2D eigenvalue weighted by Gasteiger charge is -2.07. The molecule has 0 radical (unpaired) electrons. The van der Waals surface area contributed by atoms with E-state index in [1.54, 1.807) is 6.20 Å². The molecular formula is C12H8F2N6O. The predicted octanol–water partition coefficient (Wildman–Crippen LogP) is 1.71. The zero-order valence-corrected chi connectivity index (χ0v) is 10.4. The van der Waals surface area contributed by atoms with Crippen molar-refractivity contribution in [3.8, 4) is 17.7 Å². The Bertz CT molecular complexity index is 777. The number of ether oxygens (including phenoxy) is 1. The van der Waals surface area contributed by atoms with Crippen LogP contribution in [0.15, 0.2) is 36.9 Å². The lowest BCUT2D eigenvalue weighted by atomic mass is 10.3. The summed E-state index contributed by atoms with van der Waals surface area (Å²) < 4.78 is 33.2. The summed E-state index contributed by atoms with van der Waals surface area (Å²) in [6.45, 7) is 0. The van der Waals surface area contributed by atoms with Crippen LogP contribution in [-0.2, 0) is 0 Å². The minimum Gasteiger partial charge on any atom is -0.421 e. The van der Waals surface area contributed by atoms with Crippen molar-refractivity contribution in [2.45, 2.75) is 0 Å². The number of nitrogens with zero attached hydrogens (tertiary/aromatic N) is 5. The molecule has 0 aliphatic heterocycles. The monoisotopic (exact) mass is 290 g/mol. The van der Waals surface area contributed by atoms with Crippen LogP contribution < -0.4 is 10.5 Å². The smallest absolute Gasteiger partial charge is 0.328 e. The molecule has 0 saturated heterocycles. The normalized spacial score (nSPS) is 10.6. The minimum absolute atomic E-state index is 0.125. The van der Waals surface area contributed by atoms with Gasteiger partial charge in [-0.2, -0.15) is 15.0 Å². The molecule has 21 heavy (non-hydrogen) atoms.